The summed E-state index contributed by atoms with van der Waals surface area (Å²) in [6, 6.07) is 0. The van der Waals surface area contributed by atoms with Crippen LogP contribution in [0.2, 0.25) is 0 Å². The van der Waals surface area contributed by atoms with Crippen molar-refractivity contribution in [1.29, 1.82) is 0 Å². The van der Waals surface area contributed by atoms with Crippen LogP contribution in [-0.4, -0.2) is 120 Å². The number of rotatable bonds is 7. The molecule has 5 fully saturated rings. The van der Waals surface area contributed by atoms with Crippen LogP contribution in [-0.2, 0) is 9.47 Å². The fourth-order valence-corrected chi connectivity index (χ4v) is 10.8. The average molecular weight is 575 g/mol. The van der Waals surface area contributed by atoms with Crippen molar-refractivity contribution in [2.45, 2.75) is 120 Å². The summed E-state index contributed by atoms with van der Waals surface area (Å²) in [5.41, 5.74) is -2.65. The molecule has 0 amide bonds. The molecule has 5 aliphatic rings. The lowest BCUT2D eigenvalue weighted by molar-refractivity contribution is -0.308. The minimum atomic E-state index is -1.84. The molecule has 232 valence electrons. The van der Waals surface area contributed by atoms with E-state index in [2.05, 4.69) is 20.8 Å². The van der Waals surface area contributed by atoms with Gasteiger partial charge in [-0.2, -0.15) is 0 Å². The highest BCUT2D eigenvalue weighted by molar-refractivity contribution is 5.23. The summed E-state index contributed by atoms with van der Waals surface area (Å²) in [4.78, 5) is 0. The number of aliphatic hydroxyl groups excluding tert-OH is 8. The quantitative estimate of drug-likeness (QED) is 0.178. The van der Waals surface area contributed by atoms with Crippen molar-refractivity contribution in [3.05, 3.63) is 0 Å². The van der Waals surface area contributed by atoms with E-state index in [1.807, 2.05) is 0 Å². The molecule has 9 N–H and O–H groups in total. The van der Waals surface area contributed by atoms with E-state index in [0.717, 1.165) is 25.7 Å². The van der Waals surface area contributed by atoms with Crippen LogP contribution in [0, 0.1) is 39.9 Å². The Balaban J connectivity index is 1.37. The minimum Gasteiger partial charge on any atom is -0.396 e. The number of ether oxygens (including phenoxy) is 2. The molecule has 15 atom stereocenters. The standard InChI is InChI=1S/C29H50O11/c1-26(2)7-4-8-27(3)18-6-5-14-9-28(18,10-15(32)23(26)27)19(12-31)29(14,38)24(37)16(33)13-39-25-22(36)21(35)20(34)17(11-30)40-25/h14-25,30-38H,4-13H2,1-3H3/t14-,15+,16+,17+,18+,19+,20+,21-,22+,23+,24+,25+,27-,28+,29-/m0/s1. The molecule has 5 rings (SSSR count). The zero-order chi connectivity index (χ0) is 29.4. The summed E-state index contributed by atoms with van der Waals surface area (Å²) in [7, 11) is 0. The maximum Gasteiger partial charge on any atom is 0.186 e. The van der Waals surface area contributed by atoms with Gasteiger partial charge in [0.25, 0.3) is 0 Å². The molecular formula is C29H50O11. The summed E-state index contributed by atoms with van der Waals surface area (Å²) in [6.07, 6.45) is -6.07. The Morgan fingerprint density at radius 3 is 2.25 bits per heavy atom. The van der Waals surface area contributed by atoms with Crippen LogP contribution in [0.1, 0.15) is 65.7 Å². The first kappa shape index (κ1) is 31.0. The van der Waals surface area contributed by atoms with Crippen LogP contribution in [0.25, 0.3) is 0 Å². The van der Waals surface area contributed by atoms with Crippen LogP contribution < -0.4 is 0 Å². The topological polar surface area (TPSA) is 201 Å². The zero-order valence-corrected chi connectivity index (χ0v) is 23.8. The predicted octanol–water partition coefficient (Wildman–Crippen LogP) is -1.12. The van der Waals surface area contributed by atoms with Gasteiger partial charge in [0.2, 0.25) is 0 Å². The van der Waals surface area contributed by atoms with Gasteiger partial charge in [-0.15, -0.1) is 0 Å². The van der Waals surface area contributed by atoms with E-state index < -0.39 is 91.7 Å². The van der Waals surface area contributed by atoms with Gasteiger partial charge in [0.15, 0.2) is 6.29 Å². The van der Waals surface area contributed by atoms with Crippen molar-refractivity contribution in [2.75, 3.05) is 19.8 Å². The van der Waals surface area contributed by atoms with Gasteiger partial charge in [0.1, 0.15) is 42.2 Å². The van der Waals surface area contributed by atoms with Crippen LogP contribution in [0.5, 0.6) is 0 Å². The smallest absolute Gasteiger partial charge is 0.186 e. The fraction of sp³-hybridized carbons (Fsp3) is 1.00. The lowest BCUT2D eigenvalue weighted by atomic mass is 9.39. The summed E-state index contributed by atoms with van der Waals surface area (Å²) in [5, 5.41) is 96.8. The molecular weight excluding hydrogens is 524 g/mol. The number of hydrogen-bond acceptors (Lipinski definition) is 11. The molecule has 0 aromatic rings. The first-order valence-corrected chi connectivity index (χ1v) is 15.0. The molecule has 0 aromatic heterocycles. The van der Waals surface area contributed by atoms with E-state index in [1.54, 1.807) is 0 Å². The Morgan fingerprint density at radius 2 is 1.60 bits per heavy atom. The SMILES string of the molecule is CC1(C)CCC[C@]2(C)[C@@H]1[C@H](O)C[C@]13C[C@H](CC[C@H]21)[C@@](O)([C@H](O)[C@H](O)CO[C@@H]1O[C@H](CO)[C@@H](O)[C@H](O)[C@H]1O)[C@@H]3CO. The third kappa shape index (κ3) is 4.34. The summed E-state index contributed by atoms with van der Waals surface area (Å²) < 4.78 is 10.8. The molecule has 0 unspecified atom stereocenters. The molecule has 1 saturated heterocycles. The van der Waals surface area contributed by atoms with Crippen LogP contribution in [0.4, 0.5) is 0 Å². The van der Waals surface area contributed by atoms with Crippen molar-refractivity contribution in [1.82, 2.24) is 0 Å². The Kier molecular flexibility index (Phi) is 8.23. The Labute approximate surface area is 235 Å². The summed E-state index contributed by atoms with van der Waals surface area (Å²) >= 11 is 0. The maximum atomic E-state index is 12.2. The Hall–Kier alpha value is -0.440. The van der Waals surface area contributed by atoms with Crippen molar-refractivity contribution in [3.8, 4) is 0 Å². The van der Waals surface area contributed by atoms with Crippen LogP contribution >= 0.6 is 0 Å². The Morgan fingerprint density at radius 1 is 0.900 bits per heavy atom. The van der Waals surface area contributed by atoms with Gasteiger partial charge in [0, 0.05) is 12.5 Å². The largest absolute Gasteiger partial charge is 0.396 e. The third-order valence-corrected chi connectivity index (χ3v) is 12.2. The van der Waals surface area contributed by atoms with Gasteiger partial charge < -0.3 is 55.4 Å². The number of fused-ring (bicyclic) bond motifs is 3. The lowest BCUT2D eigenvalue weighted by Crippen LogP contribution is -2.64. The van der Waals surface area contributed by atoms with Crippen molar-refractivity contribution in [3.63, 3.8) is 0 Å². The second kappa shape index (κ2) is 10.6. The molecule has 11 nitrogen and oxygen atoms in total. The van der Waals surface area contributed by atoms with Gasteiger partial charge in [-0.3, -0.25) is 0 Å². The summed E-state index contributed by atoms with van der Waals surface area (Å²) in [5.74, 6) is -0.935. The first-order valence-electron chi connectivity index (χ1n) is 15.0. The van der Waals surface area contributed by atoms with Gasteiger partial charge in [0.05, 0.1) is 19.3 Å². The van der Waals surface area contributed by atoms with E-state index >= 15 is 0 Å². The third-order valence-electron chi connectivity index (χ3n) is 12.2. The number of hydrogen-bond donors (Lipinski definition) is 9. The molecule has 0 radical (unpaired) electrons. The zero-order valence-electron chi connectivity index (χ0n) is 23.8. The van der Waals surface area contributed by atoms with Gasteiger partial charge in [-0.25, -0.2) is 0 Å². The highest BCUT2D eigenvalue weighted by atomic mass is 16.7. The molecule has 0 aromatic carbocycles. The molecule has 1 aliphatic heterocycles. The second-order valence-corrected chi connectivity index (χ2v) is 14.5. The molecule has 11 heteroatoms. The average Bonchev–Trinajstić information content (AvgIpc) is 3.06. The number of aliphatic hydroxyl groups is 9. The molecule has 2 bridgehead atoms. The van der Waals surface area contributed by atoms with E-state index in [4.69, 9.17) is 9.47 Å². The monoisotopic (exact) mass is 574 g/mol. The maximum absolute atomic E-state index is 12.2. The predicted molar refractivity (Wildman–Crippen MR) is 140 cm³/mol. The molecule has 40 heavy (non-hydrogen) atoms. The van der Waals surface area contributed by atoms with Gasteiger partial charge in [-0.1, -0.05) is 27.2 Å². The first-order chi connectivity index (χ1) is 18.7. The fourth-order valence-electron chi connectivity index (χ4n) is 10.8. The van der Waals surface area contributed by atoms with E-state index in [0.29, 0.717) is 19.3 Å². The van der Waals surface area contributed by atoms with Crippen molar-refractivity contribution >= 4 is 0 Å². The van der Waals surface area contributed by atoms with Crippen LogP contribution in [0.15, 0.2) is 0 Å². The second-order valence-electron chi connectivity index (χ2n) is 14.5. The van der Waals surface area contributed by atoms with E-state index in [-0.39, 0.29) is 22.7 Å². The van der Waals surface area contributed by atoms with Gasteiger partial charge >= 0.3 is 0 Å². The van der Waals surface area contributed by atoms with Crippen molar-refractivity contribution in [2.24, 2.45) is 39.9 Å². The molecule has 4 aliphatic carbocycles. The van der Waals surface area contributed by atoms with E-state index in [1.165, 1.54) is 0 Å². The molecule has 1 spiro atoms. The van der Waals surface area contributed by atoms with Crippen LogP contribution in [0.3, 0.4) is 0 Å². The van der Waals surface area contributed by atoms with Crippen molar-refractivity contribution < 1.29 is 55.4 Å². The lowest BCUT2D eigenvalue weighted by Gasteiger charge is -2.66. The highest BCUT2D eigenvalue weighted by Gasteiger charge is 2.74. The highest BCUT2D eigenvalue weighted by Crippen LogP contribution is 2.74. The van der Waals surface area contributed by atoms with Gasteiger partial charge in [-0.05, 0) is 72.5 Å². The minimum absolute atomic E-state index is 0.0358. The normalized spacial score (nSPS) is 53.4. The molecule has 4 saturated carbocycles. The van der Waals surface area contributed by atoms with E-state index in [9.17, 15) is 46.0 Å². The molecule has 1 heterocycles. The Bertz CT molecular complexity index is 916. The summed E-state index contributed by atoms with van der Waals surface area (Å²) in [6.45, 7) is 5.10.